The summed E-state index contributed by atoms with van der Waals surface area (Å²) in [5.74, 6) is -0.842. The van der Waals surface area contributed by atoms with Gasteiger partial charge in [-0.15, -0.1) is 0 Å². The van der Waals surface area contributed by atoms with Crippen molar-refractivity contribution in [3.05, 3.63) is 144 Å². The lowest BCUT2D eigenvalue weighted by Gasteiger charge is -2.22. The first-order valence-electron chi connectivity index (χ1n) is 22.9. The van der Waals surface area contributed by atoms with Crippen LogP contribution in [0.15, 0.2) is 121 Å². The minimum absolute atomic E-state index is 0.0386. The van der Waals surface area contributed by atoms with E-state index in [1.54, 1.807) is 0 Å². The summed E-state index contributed by atoms with van der Waals surface area (Å²) in [5.41, 5.74) is 7.12. The van der Waals surface area contributed by atoms with Gasteiger partial charge in [0, 0.05) is 65.0 Å². The SMILES string of the molecule is O=C(CCC(=O)N(CCCCCNC(=O)CCC(=O)N(CCCCCOCc1ccccc1)OCc1ccccc1)OCc1ccccc1)NCCCCCNOCc1ccccc1. The second-order valence-corrected chi connectivity index (χ2v) is 15.6. The quantitative estimate of drug-likeness (QED) is 0.0308. The Hall–Kier alpha value is -5.44. The Kier molecular flexibility index (Phi) is 26.5. The molecule has 4 amide bonds. The summed E-state index contributed by atoms with van der Waals surface area (Å²) < 4.78 is 5.80. The van der Waals surface area contributed by atoms with Crippen LogP contribution in [0.1, 0.15) is 106 Å². The van der Waals surface area contributed by atoms with Crippen LogP contribution in [-0.4, -0.2) is 73.1 Å². The van der Waals surface area contributed by atoms with Gasteiger partial charge in [0.2, 0.25) is 23.6 Å². The summed E-state index contributed by atoms with van der Waals surface area (Å²) in [6.07, 6.45) is 7.50. The molecule has 0 aliphatic carbocycles. The van der Waals surface area contributed by atoms with Crippen LogP contribution in [0.4, 0.5) is 0 Å². The fraction of sp³-hybridized carbons (Fsp3) is 0.451. The number of amides is 4. The average molecular weight is 880 g/mol. The number of rotatable bonds is 35. The number of nitrogens with one attached hydrogen (secondary N) is 3. The molecule has 0 aliphatic heterocycles. The molecule has 0 spiro atoms. The van der Waals surface area contributed by atoms with E-state index < -0.39 is 0 Å². The van der Waals surface area contributed by atoms with Crippen molar-refractivity contribution >= 4 is 23.6 Å². The first-order valence-corrected chi connectivity index (χ1v) is 22.9. The Bertz CT molecular complexity index is 1840. The number of carbonyl (C=O) groups excluding carboxylic acids is 4. The van der Waals surface area contributed by atoms with Gasteiger partial charge in [0.05, 0.1) is 13.2 Å². The molecule has 0 saturated heterocycles. The van der Waals surface area contributed by atoms with Crippen molar-refractivity contribution < 1.29 is 38.4 Å². The number of hydroxylamine groups is 5. The third kappa shape index (κ3) is 23.9. The van der Waals surface area contributed by atoms with E-state index in [0.717, 1.165) is 73.7 Å². The molecule has 4 aromatic rings. The summed E-state index contributed by atoms with van der Waals surface area (Å²) >= 11 is 0. The van der Waals surface area contributed by atoms with Gasteiger partial charge < -0.3 is 15.4 Å². The van der Waals surface area contributed by atoms with E-state index in [2.05, 4.69) is 16.1 Å². The number of hydrogen-bond donors (Lipinski definition) is 3. The van der Waals surface area contributed by atoms with Gasteiger partial charge in [-0.05, 0) is 73.6 Å². The predicted molar refractivity (Wildman–Crippen MR) is 247 cm³/mol. The molecule has 0 aromatic heterocycles. The van der Waals surface area contributed by atoms with E-state index in [1.165, 1.54) is 10.1 Å². The van der Waals surface area contributed by atoms with Gasteiger partial charge in [-0.3, -0.25) is 33.7 Å². The van der Waals surface area contributed by atoms with Crippen LogP contribution in [-0.2, 0) is 64.9 Å². The van der Waals surface area contributed by atoms with Gasteiger partial charge in [0.15, 0.2) is 0 Å². The zero-order valence-electron chi connectivity index (χ0n) is 37.5. The molecule has 0 unspecified atom stereocenters. The van der Waals surface area contributed by atoms with Crippen LogP contribution in [0.2, 0.25) is 0 Å². The minimum atomic E-state index is -0.250. The molecular formula is C51H69N5O8. The minimum Gasteiger partial charge on any atom is -0.377 e. The highest BCUT2D eigenvalue weighted by atomic mass is 16.7. The van der Waals surface area contributed by atoms with E-state index in [4.69, 9.17) is 19.2 Å². The molecular weight excluding hydrogens is 811 g/mol. The Morgan fingerprint density at radius 1 is 0.406 bits per heavy atom. The van der Waals surface area contributed by atoms with E-state index in [9.17, 15) is 19.2 Å². The molecule has 13 nitrogen and oxygen atoms in total. The van der Waals surface area contributed by atoms with Crippen molar-refractivity contribution in [1.82, 2.24) is 26.2 Å². The molecule has 0 radical (unpaired) electrons. The van der Waals surface area contributed by atoms with Crippen LogP contribution >= 0.6 is 0 Å². The Morgan fingerprint density at radius 2 is 0.797 bits per heavy atom. The largest absolute Gasteiger partial charge is 0.377 e. The molecule has 3 N–H and O–H groups in total. The fourth-order valence-corrected chi connectivity index (χ4v) is 6.54. The van der Waals surface area contributed by atoms with E-state index in [-0.39, 0.29) is 62.5 Å². The van der Waals surface area contributed by atoms with Crippen LogP contribution in [0.5, 0.6) is 0 Å². The Balaban J connectivity index is 1.08. The highest BCUT2D eigenvalue weighted by molar-refractivity contribution is 5.84. The highest BCUT2D eigenvalue weighted by Gasteiger charge is 2.18. The molecule has 4 aromatic carbocycles. The van der Waals surface area contributed by atoms with Gasteiger partial charge in [-0.2, -0.15) is 0 Å². The number of carbonyl (C=O) groups is 4. The molecule has 0 bridgehead atoms. The summed E-state index contributed by atoms with van der Waals surface area (Å²) in [5, 5.41) is 8.60. The first kappa shape index (κ1) is 51.2. The van der Waals surface area contributed by atoms with Gasteiger partial charge >= 0.3 is 0 Å². The molecule has 0 atom stereocenters. The summed E-state index contributed by atoms with van der Waals surface area (Å²) in [6, 6.07) is 39.3. The first-order chi connectivity index (χ1) is 31.5. The van der Waals surface area contributed by atoms with Crippen molar-refractivity contribution in [2.45, 2.75) is 110 Å². The molecule has 0 saturated carbocycles. The van der Waals surface area contributed by atoms with Crippen molar-refractivity contribution in [1.29, 1.82) is 0 Å². The van der Waals surface area contributed by atoms with Gasteiger partial charge in [0.1, 0.15) is 13.2 Å². The van der Waals surface area contributed by atoms with Crippen molar-refractivity contribution in [3.63, 3.8) is 0 Å². The summed E-state index contributed by atoms with van der Waals surface area (Å²) in [4.78, 5) is 69.1. The standard InChI is InChI=1S/C51H69N5O8/c57-48(52-34-16-5-18-36-54-62-41-45-24-10-2-11-25-45)30-32-50(59)55(63-42-46-26-12-3-13-27-46)37-19-6-17-35-53-49(58)31-33-51(60)56(64-43-47-28-14-4-15-29-47)38-20-7-21-39-61-40-44-22-8-1-9-23-44/h1-4,8-15,22-29,54H,5-7,16-21,30-43H2,(H,52,57)(H,53,58). The third-order valence-electron chi connectivity index (χ3n) is 10.2. The maximum atomic E-state index is 13.2. The predicted octanol–water partition coefficient (Wildman–Crippen LogP) is 8.15. The highest BCUT2D eigenvalue weighted by Crippen LogP contribution is 2.11. The van der Waals surface area contributed by atoms with Crippen molar-refractivity contribution in [2.24, 2.45) is 0 Å². The third-order valence-corrected chi connectivity index (χ3v) is 10.2. The Morgan fingerprint density at radius 3 is 1.27 bits per heavy atom. The van der Waals surface area contributed by atoms with E-state index >= 15 is 0 Å². The summed E-state index contributed by atoms with van der Waals surface area (Å²) in [7, 11) is 0. The number of ether oxygens (including phenoxy) is 1. The number of nitrogens with zero attached hydrogens (tertiary/aromatic N) is 2. The maximum absolute atomic E-state index is 13.2. The van der Waals surface area contributed by atoms with Crippen molar-refractivity contribution in [2.75, 3.05) is 39.3 Å². The molecule has 346 valence electrons. The van der Waals surface area contributed by atoms with E-state index in [0.29, 0.717) is 58.8 Å². The second kappa shape index (κ2) is 33.1. The molecule has 64 heavy (non-hydrogen) atoms. The number of unbranched alkanes of at least 4 members (excludes halogenated alkanes) is 6. The second-order valence-electron chi connectivity index (χ2n) is 15.6. The Labute approximate surface area is 380 Å². The topological polar surface area (TPSA) is 148 Å². The van der Waals surface area contributed by atoms with Crippen LogP contribution in [0.3, 0.4) is 0 Å². The molecule has 0 heterocycles. The molecule has 0 aliphatic rings. The zero-order chi connectivity index (χ0) is 45.1. The van der Waals surface area contributed by atoms with Crippen LogP contribution < -0.4 is 16.1 Å². The normalized spacial score (nSPS) is 10.9. The lowest BCUT2D eigenvalue weighted by Crippen LogP contribution is -2.34. The maximum Gasteiger partial charge on any atom is 0.246 e. The average Bonchev–Trinajstić information content (AvgIpc) is 3.33. The van der Waals surface area contributed by atoms with Crippen LogP contribution in [0.25, 0.3) is 0 Å². The molecule has 4 rings (SSSR count). The van der Waals surface area contributed by atoms with Gasteiger partial charge in [-0.1, -0.05) is 128 Å². The number of hydrogen-bond acceptors (Lipinski definition) is 9. The van der Waals surface area contributed by atoms with Gasteiger partial charge in [-0.25, -0.2) is 15.6 Å². The smallest absolute Gasteiger partial charge is 0.246 e. The lowest BCUT2D eigenvalue weighted by molar-refractivity contribution is -0.192. The van der Waals surface area contributed by atoms with Crippen LogP contribution in [0, 0.1) is 0 Å². The van der Waals surface area contributed by atoms with E-state index in [1.807, 2.05) is 121 Å². The van der Waals surface area contributed by atoms with Gasteiger partial charge in [0.25, 0.3) is 0 Å². The fourth-order valence-electron chi connectivity index (χ4n) is 6.54. The number of benzene rings is 4. The lowest BCUT2D eigenvalue weighted by atomic mass is 10.2. The summed E-state index contributed by atoms with van der Waals surface area (Å²) in [6.45, 7) is 4.74. The molecule has 13 heteroatoms. The molecule has 0 fully saturated rings. The monoisotopic (exact) mass is 880 g/mol. The van der Waals surface area contributed by atoms with Crippen molar-refractivity contribution in [3.8, 4) is 0 Å². The zero-order valence-corrected chi connectivity index (χ0v) is 37.5.